The number of ether oxygens (including phenoxy) is 3. The van der Waals surface area contributed by atoms with E-state index < -0.39 is 10.0 Å². The maximum absolute atomic E-state index is 13.5. The number of nitrogens with zero attached hydrogens (tertiary/aromatic N) is 1. The minimum atomic E-state index is -3.91. The van der Waals surface area contributed by atoms with Crippen molar-refractivity contribution < 1.29 is 22.6 Å². The Morgan fingerprint density at radius 3 is 2.31 bits per heavy atom. The van der Waals surface area contributed by atoms with Gasteiger partial charge in [-0.25, -0.2) is 8.42 Å². The number of anilines is 1. The van der Waals surface area contributed by atoms with E-state index in [0.29, 0.717) is 47.4 Å². The number of hydrogen-bond acceptors (Lipinski definition) is 5. The van der Waals surface area contributed by atoms with Gasteiger partial charge in [-0.05, 0) is 37.6 Å². The molecule has 0 amide bonds. The molecule has 0 atom stereocenters. The van der Waals surface area contributed by atoms with Crippen LogP contribution in [0.4, 0.5) is 5.69 Å². The van der Waals surface area contributed by atoms with Gasteiger partial charge in [0.25, 0.3) is 10.0 Å². The first-order chi connectivity index (χ1) is 13.9. The summed E-state index contributed by atoms with van der Waals surface area (Å²) in [7, 11) is -0.998. The molecular weight excluding hydrogens is 414 g/mol. The number of terminal acetylenes is 1. The molecule has 0 bridgehead atoms. The van der Waals surface area contributed by atoms with E-state index in [2.05, 4.69) is 5.92 Å². The van der Waals surface area contributed by atoms with Crippen molar-refractivity contribution in [2.24, 2.45) is 0 Å². The summed E-state index contributed by atoms with van der Waals surface area (Å²) in [6.07, 6.45) is 6.25. The van der Waals surface area contributed by atoms with E-state index in [4.69, 9.17) is 32.2 Å². The highest BCUT2D eigenvalue weighted by atomic mass is 35.5. The molecule has 0 spiro atoms. The van der Waals surface area contributed by atoms with E-state index in [1.54, 1.807) is 18.2 Å². The van der Waals surface area contributed by atoms with Crippen molar-refractivity contribution in [1.82, 2.24) is 0 Å². The Morgan fingerprint density at radius 1 is 1.10 bits per heavy atom. The second-order valence-electron chi connectivity index (χ2n) is 5.95. The lowest BCUT2D eigenvalue weighted by Crippen LogP contribution is -2.32. The molecule has 0 aliphatic heterocycles. The van der Waals surface area contributed by atoms with Gasteiger partial charge >= 0.3 is 0 Å². The summed E-state index contributed by atoms with van der Waals surface area (Å²) >= 11 is 6.18. The highest BCUT2D eigenvalue weighted by Gasteiger charge is 2.28. The smallest absolute Gasteiger partial charge is 0.264 e. The standard InChI is InChI=1S/C21H24ClNO5S/c1-5-7-8-13-23(19-15-20(26-3)18(22)14-21(19)27-4)29(24,25)17-11-9-16(10-12-17)28-6-2/h1,9-12,14-15H,6-8,13H2,2-4H3. The van der Waals surface area contributed by atoms with Crippen molar-refractivity contribution in [3.8, 4) is 29.6 Å². The summed E-state index contributed by atoms with van der Waals surface area (Å²) in [4.78, 5) is 0.123. The molecule has 2 aromatic carbocycles. The molecule has 8 heteroatoms. The molecule has 0 aromatic heterocycles. The molecule has 0 aliphatic carbocycles. The van der Waals surface area contributed by atoms with Crippen molar-refractivity contribution in [3.05, 3.63) is 41.4 Å². The Hall–Kier alpha value is -2.56. The molecule has 0 saturated heterocycles. The predicted molar refractivity (Wildman–Crippen MR) is 115 cm³/mol. The second-order valence-corrected chi connectivity index (χ2v) is 8.22. The van der Waals surface area contributed by atoms with Crippen molar-refractivity contribution in [2.45, 2.75) is 24.7 Å². The Labute approximate surface area is 177 Å². The monoisotopic (exact) mass is 437 g/mol. The number of benzene rings is 2. The summed E-state index contributed by atoms with van der Waals surface area (Å²) in [6.45, 7) is 2.52. The third-order valence-corrected chi connectivity index (χ3v) is 6.25. The van der Waals surface area contributed by atoms with Crippen molar-refractivity contribution in [3.63, 3.8) is 0 Å². The number of rotatable bonds is 10. The van der Waals surface area contributed by atoms with E-state index in [9.17, 15) is 8.42 Å². The maximum atomic E-state index is 13.5. The van der Waals surface area contributed by atoms with Crippen LogP contribution >= 0.6 is 11.6 Å². The Kier molecular flexibility index (Phi) is 8.06. The Morgan fingerprint density at radius 2 is 1.76 bits per heavy atom. The summed E-state index contributed by atoms with van der Waals surface area (Å²) in [6, 6.07) is 9.33. The zero-order valence-corrected chi connectivity index (χ0v) is 18.2. The highest BCUT2D eigenvalue weighted by molar-refractivity contribution is 7.92. The SMILES string of the molecule is C#CCCCN(c1cc(OC)c(Cl)cc1OC)S(=O)(=O)c1ccc(OCC)cc1. The molecule has 0 saturated carbocycles. The summed E-state index contributed by atoms with van der Waals surface area (Å²) < 4.78 is 44.2. The molecule has 0 heterocycles. The van der Waals surface area contributed by atoms with Crippen LogP contribution in [-0.2, 0) is 10.0 Å². The van der Waals surface area contributed by atoms with Gasteiger partial charge in [-0.15, -0.1) is 12.3 Å². The third-order valence-electron chi connectivity index (χ3n) is 4.13. The highest BCUT2D eigenvalue weighted by Crippen LogP contribution is 2.40. The van der Waals surface area contributed by atoms with Crippen LogP contribution in [0, 0.1) is 12.3 Å². The third kappa shape index (κ3) is 5.28. The van der Waals surface area contributed by atoms with Gasteiger partial charge in [-0.1, -0.05) is 11.6 Å². The number of methoxy groups -OCH3 is 2. The minimum Gasteiger partial charge on any atom is -0.495 e. The van der Waals surface area contributed by atoms with Gasteiger partial charge in [0, 0.05) is 25.1 Å². The van der Waals surface area contributed by atoms with E-state index in [1.165, 1.54) is 36.7 Å². The molecule has 0 radical (unpaired) electrons. The van der Waals surface area contributed by atoms with E-state index >= 15 is 0 Å². The average molecular weight is 438 g/mol. The van der Waals surface area contributed by atoms with Gasteiger partial charge in [0.2, 0.25) is 0 Å². The van der Waals surface area contributed by atoms with Crippen LogP contribution in [0.25, 0.3) is 0 Å². The largest absolute Gasteiger partial charge is 0.495 e. The van der Waals surface area contributed by atoms with Crippen LogP contribution in [0.3, 0.4) is 0 Å². The van der Waals surface area contributed by atoms with Gasteiger partial charge in [-0.3, -0.25) is 4.31 Å². The summed E-state index contributed by atoms with van der Waals surface area (Å²) in [5, 5.41) is 0.315. The zero-order valence-electron chi connectivity index (χ0n) is 16.6. The van der Waals surface area contributed by atoms with E-state index in [-0.39, 0.29) is 11.4 Å². The molecule has 0 aliphatic rings. The fraction of sp³-hybridized carbons (Fsp3) is 0.333. The van der Waals surface area contributed by atoms with Gasteiger partial charge in [-0.2, -0.15) is 0 Å². The fourth-order valence-electron chi connectivity index (χ4n) is 2.74. The van der Waals surface area contributed by atoms with Gasteiger partial charge < -0.3 is 14.2 Å². The van der Waals surface area contributed by atoms with E-state index in [0.717, 1.165) is 0 Å². The molecule has 2 rings (SSSR count). The van der Waals surface area contributed by atoms with Gasteiger partial charge in [0.05, 0.1) is 36.4 Å². The minimum absolute atomic E-state index is 0.123. The van der Waals surface area contributed by atoms with Crippen molar-refractivity contribution >= 4 is 27.3 Å². The molecule has 156 valence electrons. The van der Waals surface area contributed by atoms with E-state index in [1.807, 2.05) is 6.92 Å². The molecule has 2 aromatic rings. The molecule has 6 nitrogen and oxygen atoms in total. The number of unbranched alkanes of at least 4 members (excludes halogenated alkanes) is 1. The lowest BCUT2D eigenvalue weighted by atomic mass is 10.2. The molecule has 29 heavy (non-hydrogen) atoms. The molecular formula is C21H24ClNO5S. The average Bonchev–Trinajstić information content (AvgIpc) is 2.72. The lowest BCUT2D eigenvalue weighted by molar-refractivity contribution is 0.340. The van der Waals surface area contributed by atoms with Crippen LogP contribution in [0.15, 0.2) is 41.3 Å². The summed E-state index contributed by atoms with van der Waals surface area (Å²) in [5.41, 5.74) is 0.319. The quantitative estimate of drug-likeness (QED) is 0.408. The zero-order chi connectivity index (χ0) is 21.4. The van der Waals surface area contributed by atoms with Gasteiger partial charge in [0.15, 0.2) is 0 Å². The molecule has 0 unspecified atom stereocenters. The molecule has 0 fully saturated rings. The topological polar surface area (TPSA) is 65.1 Å². The normalized spacial score (nSPS) is 10.9. The van der Waals surface area contributed by atoms with Crippen LogP contribution in [0.2, 0.25) is 5.02 Å². The lowest BCUT2D eigenvalue weighted by Gasteiger charge is -2.26. The van der Waals surface area contributed by atoms with Crippen LogP contribution in [0.1, 0.15) is 19.8 Å². The number of sulfonamides is 1. The first kappa shape index (κ1) is 22.7. The fourth-order valence-corrected chi connectivity index (χ4v) is 4.47. The first-order valence-corrected chi connectivity index (χ1v) is 10.8. The van der Waals surface area contributed by atoms with Crippen molar-refractivity contribution in [2.75, 3.05) is 31.7 Å². The number of halogens is 1. The van der Waals surface area contributed by atoms with Crippen LogP contribution in [-0.4, -0.2) is 35.8 Å². The molecule has 0 N–H and O–H groups in total. The maximum Gasteiger partial charge on any atom is 0.264 e. The number of hydrogen-bond donors (Lipinski definition) is 0. The Bertz CT molecular complexity index is 968. The Balaban J connectivity index is 2.56. The van der Waals surface area contributed by atoms with Crippen LogP contribution < -0.4 is 18.5 Å². The van der Waals surface area contributed by atoms with Crippen LogP contribution in [0.5, 0.6) is 17.2 Å². The first-order valence-electron chi connectivity index (χ1n) is 8.99. The summed E-state index contributed by atoms with van der Waals surface area (Å²) in [5.74, 6) is 3.78. The van der Waals surface area contributed by atoms with Crippen molar-refractivity contribution in [1.29, 1.82) is 0 Å². The predicted octanol–water partition coefficient (Wildman–Crippen LogP) is 4.36. The van der Waals surface area contributed by atoms with Gasteiger partial charge in [0.1, 0.15) is 17.2 Å². The second kappa shape index (κ2) is 10.3.